The Labute approximate surface area is 128 Å². The molecule has 0 spiro atoms. The molecular weight excluding hydrogens is 293 g/mol. The highest BCUT2D eigenvalue weighted by Gasteiger charge is 2.15. The fourth-order valence-corrected chi connectivity index (χ4v) is 2.84. The minimum Gasteiger partial charge on any atom is -0.311 e. The second-order valence-electron chi connectivity index (χ2n) is 5.00. The quantitative estimate of drug-likeness (QED) is 0.925. The molecule has 0 aliphatic carbocycles. The maximum absolute atomic E-state index is 6.04. The van der Waals surface area contributed by atoms with Crippen LogP contribution in [0.3, 0.4) is 0 Å². The highest BCUT2D eigenvalue weighted by atomic mass is 35.5. The number of benzene rings is 1. The number of aryl methyl sites for hydroxylation is 1. The molecule has 20 heavy (non-hydrogen) atoms. The maximum Gasteiger partial charge on any atom is 0.133 e. The lowest BCUT2D eigenvalue weighted by Crippen LogP contribution is -2.26. The number of rotatable bonds is 2. The summed E-state index contributed by atoms with van der Waals surface area (Å²) in [4.78, 5) is 9.29. The molecule has 0 bridgehead atoms. The van der Waals surface area contributed by atoms with Crippen LogP contribution in [0.2, 0.25) is 10.0 Å². The van der Waals surface area contributed by atoms with Gasteiger partial charge in [-0.1, -0.05) is 29.3 Å². The predicted molar refractivity (Wildman–Crippen MR) is 81.4 cm³/mol. The second-order valence-corrected chi connectivity index (χ2v) is 5.82. The molecule has 5 heteroatoms. The fraction of sp³-hybridized carbons (Fsp3) is 0.333. The van der Waals surface area contributed by atoms with Gasteiger partial charge in [-0.05, 0) is 43.1 Å². The van der Waals surface area contributed by atoms with Crippen LogP contribution >= 0.6 is 23.2 Å². The minimum absolute atomic E-state index is 0.570. The van der Waals surface area contributed by atoms with Crippen LogP contribution in [0.4, 0.5) is 0 Å². The van der Waals surface area contributed by atoms with Crippen molar-refractivity contribution in [3.8, 4) is 0 Å². The average molecular weight is 308 g/mol. The lowest BCUT2D eigenvalue weighted by molar-refractivity contribution is 0.613. The van der Waals surface area contributed by atoms with Crippen LogP contribution in [-0.4, -0.2) is 16.5 Å². The van der Waals surface area contributed by atoms with E-state index in [1.807, 2.05) is 18.2 Å². The number of hydrogen-bond donors (Lipinski definition) is 1. The van der Waals surface area contributed by atoms with E-state index in [9.17, 15) is 0 Å². The first-order valence-corrected chi connectivity index (χ1v) is 7.39. The Morgan fingerprint density at radius 2 is 2.05 bits per heavy atom. The van der Waals surface area contributed by atoms with Gasteiger partial charge < -0.3 is 5.32 Å². The fourth-order valence-electron chi connectivity index (χ4n) is 2.52. The van der Waals surface area contributed by atoms with E-state index in [1.54, 1.807) is 0 Å². The topological polar surface area (TPSA) is 37.8 Å². The van der Waals surface area contributed by atoms with Gasteiger partial charge in [0.05, 0.1) is 15.7 Å². The third kappa shape index (κ3) is 2.80. The molecule has 0 radical (unpaired) electrons. The van der Waals surface area contributed by atoms with Gasteiger partial charge in [-0.2, -0.15) is 0 Å². The molecule has 0 amide bonds. The molecule has 2 heterocycles. The molecule has 3 nitrogen and oxygen atoms in total. The summed E-state index contributed by atoms with van der Waals surface area (Å²) < 4.78 is 0. The third-order valence-corrected chi connectivity index (χ3v) is 4.28. The molecule has 0 unspecified atom stereocenters. The molecule has 0 saturated carbocycles. The smallest absolute Gasteiger partial charge is 0.133 e. The molecule has 1 aliphatic rings. The Morgan fingerprint density at radius 1 is 1.20 bits per heavy atom. The summed E-state index contributed by atoms with van der Waals surface area (Å²) in [6.45, 7) is 3.89. The van der Waals surface area contributed by atoms with Crippen LogP contribution in [0, 0.1) is 6.92 Å². The molecular formula is C15H15Cl2N3. The van der Waals surface area contributed by atoms with Crippen molar-refractivity contribution in [1.82, 2.24) is 15.3 Å². The zero-order valence-corrected chi connectivity index (χ0v) is 12.7. The first kappa shape index (κ1) is 13.8. The van der Waals surface area contributed by atoms with Crippen molar-refractivity contribution in [2.45, 2.75) is 26.3 Å². The van der Waals surface area contributed by atoms with Gasteiger partial charge in [0.15, 0.2) is 0 Å². The number of fused-ring (bicyclic) bond motifs is 1. The highest BCUT2D eigenvalue weighted by Crippen LogP contribution is 2.24. The summed E-state index contributed by atoms with van der Waals surface area (Å²) in [6, 6.07) is 5.65. The van der Waals surface area contributed by atoms with Gasteiger partial charge in [-0.25, -0.2) is 9.97 Å². The van der Waals surface area contributed by atoms with Gasteiger partial charge in [0.2, 0.25) is 0 Å². The van der Waals surface area contributed by atoms with Crippen molar-refractivity contribution in [2.75, 3.05) is 6.54 Å². The van der Waals surface area contributed by atoms with E-state index in [0.717, 1.165) is 42.3 Å². The van der Waals surface area contributed by atoms with Crippen LogP contribution in [-0.2, 0) is 19.4 Å². The lowest BCUT2D eigenvalue weighted by Gasteiger charge is -2.18. The van der Waals surface area contributed by atoms with E-state index in [0.29, 0.717) is 16.5 Å². The Balaban J connectivity index is 1.90. The van der Waals surface area contributed by atoms with Crippen molar-refractivity contribution < 1.29 is 0 Å². The minimum atomic E-state index is 0.570. The number of halogens is 2. The van der Waals surface area contributed by atoms with Gasteiger partial charge in [0, 0.05) is 18.7 Å². The number of nitrogens with one attached hydrogen (secondary N) is 1. The Hall–Kier alpha value is -1.16. The summed E-state index contributed by atoms with van der Waals surface area (Å²) in [5.74, 6) is 0.836. The maximum atomic E-state index is 6.04. The zero-order valence-electron chi connectivity index (χ0n) is 11.2. The van der Waals surface area contributed by atoms with E-state index in [4.69, 9.17) is 23.2 Å². The molecule has 1 aromatic heterocycles. The first-order valence-electron chi connectivity index (χ1n) is 6.63. The summed E-state index contributed by atoms with van der Waals surface area (Å²) in [5, 5.41) is 4.49. The summed E-state index contributed by atoms with van der Waals surface area (Å²) in [7, 11) is 0. The summed E-state index contributed by atoms with van der Waals surface area (Å²) >= 11 is 12.0. The SMILES string of the molecule is Cc1nc(Cc2ccc(Cl)c(Cl)c2)nc2c1CCNC2. The molecule has 0 saturated heterocycles. The molecule has 0 fully saturated rings. The van der Waals surface area contributed by atoms with Gasteiger partial charge in [0.1, 0.15) is 5.82 Å². The van der Waals surface area contributed by atoms with Crippen molar-refractivity contribution >= 4 is 23.2 Å². The lowest BCUT2D eigenvalue weighted by atomic mass is 10.0. The normalized spacial score (nSPS) is 14.2. The zero-order chi connectivity index (χ0) is 14.1. The van der Waals surface area contributed by atoms with Gasteiger partial charge in [0.25, 0.3) is 0 Å². The molecule has 0 atom stereocenters. The largest absolute Gasteiger partial charge is 0.311 e. The number of aromatic nitrogens is 2. The van der Waals surface area contributed by atoms with Gasteiger partial charge in [-0.3, -0.25) is 0 Å². The predicted octanol–water partition coefficient (Wildman–Crippen LogP) is 3.33. The van der Waals surface area contributed by atoms with Crippen molar-refractivity contribution in [3.05, 3.63) is 56.6 Å². The molecule has 104 valence electrons. The standard InChI is InChI=1S/C15H15Cl2N3/c1-9-11-4-5-18-8-14(11)20-15(19-9)7-10-2-3-12(16)13(17)6-10/h2-3,6,18H,4-5,7-8H2,1H3. The number of nitrogens with zero attached hydrogens (tertiary/aromatic N) is 2. The number of hydrogen-bond acceptors (Lipinski definition) is 3. The monoisotopic (exact) mass is 307 g/mol. The summed E-state index contributed by atoms with van der Waals surface area (Å²) in [5.41, 5.74) is 4.58. The van der Waals surface area contributed by atoms with Crippen LogP contribution in [0.15, 0.2) is 18.2 Å². The van der Waals surface area contributed by atoms with Crippen molar-refractivity contribution in [1.29, 1.82) is 0 Å². The van der Waals surface area contributed by atoms with Gasteiger partial charge >= 0.3 is 0 Å². The van der Waals surface area contributed by atoms with Crippen molar-refractivity contribution in [2.24, 2.45) is 0 Å². The van der Waals surface area contributed by atoms with E-state index < -0.39 is 0 Å². The van der Waals surface area contributed by atoms with E-state index in [-0.39, 0.29) is 0 Å². The van der Waals surface area contributed by atoms with E-state index in [1.165, 1.54) is 5.56 Å². The van der Waals surface area contributed by atoms with Crippen LogP contribution in [0.1, 0.15) is 28.3 Å². The molecule has 3 rings (SSSR count). The highest BCUT2D eigenvalue weighted by molar-refractivity contribution is 6.42. The molecule has 1 aliphatic heterocycles. The molecule has 1 aromatic carbocycles. The third-order valence-electron chi connectivity index (χ3n) is 3.54. The van der Waals surface area contributed by atoms with E-state index >= 15 is 0 Å². The van der Waals surface area contributed by atoms with Gasteiger partial charge in [-0.15, -0.1) is 0 Å². The average Bonchev–Trinajstić information content (AvgIpc) is 2.43. The molecule has 2 aromatic rings. The van der Waals surface area contributed by atoms with Crippen LogP contribution in [0.25, 0.3) is 0 Å². The van der Waals surface area contributed by atoms with Crippen molar-refractivity contribution in [3.63, 3.8) is 0 Å². The second kappa shape index (κ2) is 5.68. The Morgan fingerprint density at radius 3 is 2.85 bits per heavy atom. The Kier molecular flexibility index (Phi) is 3.92. The molecule has 1 N–H and O–H groups in total. The summed E-state index contributed by atoms with van der Waals surface area (Å²) in [6.07, 6.45) is 1.68. The Bertz CT molecular complexity index is 656. The van der Waals surface area contributed by atoms with Crippen LogP contribution < -0.4 is 5.32 Å². The first-order chi connectivity index (χ1) is 9.63. The van der Waals surface area contributed by atoms with Crippen LogP contribution in [0.5, 0.6) is 0 Å². The van der Waals surface area contributed by atoms with E-state index in [2.05, 4.69) is 22.2 Å².